The summed E-state index contributed by atoms with van der Waals surface area (Å²) in [7, 11) is -5.47. The molecule has 6 nitrogen and oxygen atoms in total. The van der Waals surface area contributed by atoms with Crippen LogP contribution in [0.3, 0.4) is 0 Å². The minimum atomic E-state index is -5.47. The number of alkyl halides is 6. The lowest BCUT2D eigenvalue weighted by Crippen LogP contribution is -2.39. The van der Waals surface area contributed by atoms with E-state index in [0.29, 0.717) is 37.9 Å². The van der Waals surface area contributed by atoms with Gasteiger partial charge in [0.25, 0.3) is 0 Å². The van der Waals surface area contributed by atoms with E-state index in [2.05, 4.69) is 4.18 Å². The van der Waals surface area contributed by atoms with Crippen LogP contribution in [0, 0.1) is 11.3 Å². The predicted octanol–water partition coefficient (Wildman–Crippen LogP) is 6.23. The van der Waals surface area contributed by atoms with Gasteiger partial charge in [-0.15, -0.1) is 0 Å². The molecule has 1 aromatic rings. The highest BCUT2D eigenvalue weighted by Gasteiger charge is 2.48. The molecule has 0 N–H and O–H groups in total. The molecule has 0 aromatic heterocycles. The number of nitrogens with zero attached hydrogens (tertiary/aromatic N) is 2. The standard InChI is InChI=1S/C16H17F3N2O.C7H9F3O3S/c1-2-21(12-4-3-5-14(22)8-12)13-7-6-11(10-20)15(9-13)16(17,18)19;8-7(9,10)14(11,12)13-6-4-2-1-3-5-6/h6-7,9,12H,2-5,8H2,1H3;4H,1-3,5H2. The normalized spacial score (nSPS) is 18.9. The molecule has 1 unspecified atom stereocenters. The third-order valence-corrected chi connectivity index (χ3v) is 6.75. The Balaban J connectivity index is 0.000000281. The molecule has 0 saturated heterocycles. The van der Waals surface area contributed by atoms with E-state index in [1.165, 1.54) is 18.2 Å². The fourth-order valence-electron chi connectivity index (χ4n) is 4.03. The number of hydrogen-bond donors (Lipinski definition) is 0. The zero-order valence-electron chi connectivity index (χ0n) is 19.5. The molecule has 0 heterocycles. The summed E-state index contributed by atoms with van der Waals surface area (Å²) >= 11 is 0. The summed E-state index contributed by atoms with van der Waals surface area (Å²) in [4.78, 5) is 13.4. The first kappa shape index (κ1) is 29.5. The largest absolute Gasteiger partial charge is 0.534 e. The zero-order chi connectivity index (χ0) is 27.1. The number of carbonyl (C=O) groups is 1. The maximum absolute atomic E-state index is 13.1. The molecule has 13 heteroatoms. The monoisotopic (exact) mass is 540 g/mol. The number of Topliss-reactive ketones (excluding diaryl/α,β-unsaturated/α-hetero) is 1. The molecule has 3 rings (SSSR count). The van der Waals surface area contributed by atoms with Crippen molar-refractivity contribution in [1.29, 1.82) is 5.26 Å². The van der Waals surface area contributed by atoms with Crippen molar-refractivity contribution in [3.8, 4) is 6.07 Å². The Morgan fingerprint density at radius 2 is 1.81 bits per heavy atom. The predicted molar refractivity (Wildman–Crippen MR) is 119 cm³/mol. The minimum Gasteiger partial charge on any atom is -0.381 e. The van der Waals surface area contributed by atoms with Gasteiger partial charge in [0, 0.05) is 37.5 Å². The van der Waals surface area contributed by atoms with Crippen molar-refractivity contribution in [2.75, 3.05) is 11.4 Å². The van der Waals surface area contributed by atoms with Crippen molar-refractivity contribution < 1.29 is 43.7 Å². The van der Waals surface area contributed by atoms with Crippen molar-refractivity contribution in [3.63, 3.8) is 0 Å². The van der Waals surface area contributed by atoms with Gasteiger partial charge >= 0.3 is 21.8 Å². The Morgan fingerprint density at radius 1 is 1.11 bits per heavy atom. The summed E-state index contributed by atoms with van der Waals surface area (Å²) in [5.74, 6) is 0.0490. The number of allylic oxidation sites excluding steroid dienone is 2. The highest BCUT2D eigenvalue weighted by atomic mass is 32.2. The highest BCUT2D eigenvalue weighted by molar-refractivity contribution is 7.87. The summed E-state index contributed by atoms with van der Waals surface area (Å²) in [6, 6.07) is 5.25. The second-order valence-corrected chi connectivity index (χ2v) is 9.85. The summed E-state index contributed by atoms with van der Waals surface area (Å²) in [5, 5.41) is 8.84. The first-order valence-corrected chi connectivity index (χ1v) is 12.7. The van der Waals surface area contributed by atoms with Crippen LogP contribution in [0.4, 0.5) is 32.0 Å². The molecule has 0 amide bonds. The van der Waals surface area contributed by atoms with Gasteiger partial charge in [-0.1, -0.05) is 0 Å². The first-order chi connectivity index (χ1) is 16.7. The number of benzene rings is 1. The van der Waals surface area contributed by atoms with Crippen LogP contribution in [0.15, 0.2) is 30.0 Å². The fourth-order valence-corrected chi connectivity index (χ4v) is 4.56. The van der Waals surface area contributed by atoms with Crippen LogP contribution in [0.5, 0.6) is 0 Å². The van der Waals surface area contributed by atoms with Gasteiger partial charge in [0.15, 0.2) is 0 Å². The quantitative estimate of drug-likeness (QED) is 0.250. The average Bonchev–Trinajstić information content (AvgIpc) is 2.79. The number of hydrogen-bond acceptors (Lipinski definition) is 6. The Kier molecular flexibility index (Phi) is 9.82. The lowest BCUT2D eigenvalue weighted by molar-refractivity contribution is -0.137. The van der Waals surface area contributed by atoms with Gasteiger partial charge in [0.05, 0.1) is 17.2 Å². The van der Waals surface area contributed by atoms with Crippen molar-refractivity contribution in [1.82, 2.24) is 0 Å². The van der Waals surface area contributed by atoms with Crippen LogP contribution < -0.4 is 4.90 Å². The van der Waals surface area contributed by atoms with Crippen molar-refractivity contribution in [2.45, 2.75) is 76.0 Å². The Bertz CT molecular complexity index is 1110. The Hall–Kier alpha value is -2.75. The van der Waals surface area contributed by atoms with E-state index in [1.54, 1.807) is 6.07 Å². The molecule has 1 saturated carbocycles. The van der Waals surface area contributed by atoms with E-state index in [4.69, 9.17) is 5.26 Å². The molecule has 2 aliphatic carbocycles. The number of rotatable bonds is 5. The lowest BCUT2D eigenvalue weighted by atomic mass is 9.92. The fraction of sp³-hybridized carbons (Fsp3) is 0.565. The van der Waals surface area contributed by atoms with Crippen LogP contribution in [0.2, 0.25) is 0 Å². The maximum Gasteiger partial charge on any atom is 0.534 e. The molecule has 0 spiro atoms. The van der Waals surface area contributed by atoms with E-state index in [0.717, 1.165) is 25.3 Å². The van der Waals surface area contributed by atoms with Crippen molar-refractivity contribution in [3.05, 3.63) is 41.2 Å². The van der Waals surface area contributed by atoms with Gasteiger partial charge in [-0.3, -0.25) is 4.79 Å². The molecule has 0 aliphatic heterocycles. The SMILES string of the molecule is CCN(c1ccc(C#N)c(C(F)(F)F)c1)C1CCCC(=O)C1.O=S(=O)(OC1=CCCCC1)C(F)(F)F. The second-order valence-electron chi connectivity index (χ2n) is 8.31. The van der Waals surface area contributed by atoms with E-state index in [-0.39, 0.29) is 29.6 Å². The number of halogens is 6. The Labute approximate surface area is 205 Å². The third-order valence-electron chi connectivity index (χ3n) is 5.75. The molecule has 1 fully saturated rings. The number of anilines is 1. The van der Waals surface area contributed by atoms with Gasteiger partial charge in [-0.25, -0.2) is 0 Å². The van der Waals surface area contributed by atoms with Gasteiger partial charge < -0.3 is 9.08 Å². The van der Waals surface area contributed by atoms with Gasteiger partial charge in [0.1, 0.15) is 11.5 Å². The topological polar surface area (TPSA) is 87.5 Å². The molecular formula is C23H26F6N2O4S. The van der Waals surface area contributed by atoms with Gasteiger partial charge in [0.2, 0.25) is 0 Å². The van der Waals surface area contributed by atoms with E-state index >= 15 is 0 Å². The summed E-state index contributed by atoms with van der Waals surface area (Å²) in [5.41, 5.74) is -6.24. The van der Waals surface area contributed by atoms with Crippen LogP contribution in [0.25, 0.3) is 0 Å². The molecule has 1 aromatic carbocycles. The first-order valence-electron chi connectivity index (χ1n) is 11.3. The van der Waals surface area contributed by atoms with E-state index in [1.807, 2.05) is 11.8 Å². The summed E-state index contributed by atoms with van der Waals surface area (Å²) < 4.78 is 99.8. The zero-order valence-corrected chi connectivity index (χ0v) is 20.3. The minimum absolute atomic E-state index is 0.0692. The smallest absolute Gasteiger partial charge is 0.381 e. The van der Waals surface area contributed by atoms with Gasteiger partial charge in [-0.05, 0) is 63.3 Å². The van der Waals surface area contributed by atoms with Crippen LogP contribution in [0.1, 0.15) is 69.4 Å². The molecule has 200 valence electrons. The summed E-state index contributed by atoms with van der Waals surface area (Å²) in [6.07, 6.45) is 1.60. The van der Waals surface area contributed by atoms with Crippen LogP contribution in [-0.2, 0) is 25.3 Å². The lowest BCUT2D eigenvalue weighted by Gasteiger charge is -2.35. The molecule has 36 heavy (non-hydrogen) atoms. The van der Waals surface area contributed by atoms with Crippen LogP contribution >= 0.6 is 0 Å². The molecular weight excluding hydrogens is 514 g/mol. The van der Waals surface area contributed by atoms with E-state index < -0.39 is 27.4 Å². The Morgan fingerprint density at radius 3 is 2.31 bits per heavy atom. The highest BCUT2D eigenvalue weighted by Crippen LogP contribution is 2.36. The van der Waals surface area contributed by atoms with Crippen molar-refractivity contribution in [2.24, 2.45) is 0 Å². The van der Waals surface area contributed by atoms with Gasteiger partial charge in [-0.2, -0.15) is 40.0 Å². The average molecular weight is 541 g/mol. The summed E-state index contributed by atoms with van der Waals surface area (Å²) in [6.45, 7) is 2.37. The molecule has 2 aliphatic rings. The van der Waals surface area contributed by atoms with Crippen LogP contribution in [-0.4, -0.2) is 32.3 Å². The molecule has 1 atom stereocenters. The molecule has 0 bridgehead atoms. The number of ketones is 1. The van der Waals surface area contributed by atoms with Crippen molar-refractivity contribution >= 4 is 21.6 Å². The van der Waals surface area contributed by atoms with E-state index in [9.17, 15) is 39.6 Å². The number of carbonyl (C=O) groups excluding carboxylic acids is 1. The molecule has 0 radical (unpaired) electrons. The third kappa shape index (κ3) is 7.88. The number of nitriles is 1. The maximum atomic E-state index is 13.1. The second kappa shape index (κ2) is 12.0.